The molecule has 1 aromatic carbocycles. The van der Waals surface area contributed by atoms with Gasteiger partial charge in [-0.3, -0.25) is 4.79 Å². The highest BCUT2D eigenvalue weighted by atomic mass is 127. The fourth-order valence-electron chi connectivity index (χ4n) is 5.05. The lowest BCUT2D eigenvalue weighted by Crippen LogP contribution is -2.49. The summed E-state index contributed by atoms with van der Waals surface area (Å²) in [4.78, 5) is 11.8. The number of aliphatic hydroxyl groups excluding tert-OH is 1. The summed E-state index contributed by atoms with van der Waals surface area (Å²) in [5.41, 5.74) is 4.43. The summed E-state index contributed by atoms with van der Waals surface area (Å²) in [5, 5.41) is 13.1. The maximum Gasteiger partial charge on any atom is 0.220 e. The van der Waals surface area contributed by atoms with Gasteiger partial charge in [-0.25, -0.2) is 0 Å². The van der Waals surface area contributed by atoms with Crippen LogP contribution in [0.25, 0.3) is 0 Å². The third kappa shape index (κ3) is 3.24. The van der Waals surface area contributed by atoms with E-state index in [9.17, 15) is 9.90 Å². The van der Waals surface area contributed by atoms with Crippen LogP contribution in [0.3, 0.4) is 0 Å². The Morgan fingerprint density at radius 3 is 2.88 bits per heavy atom. The molecule has 0 aromatic heterocycles. The van der Waals surface area contributed by atoms with E-state index < -0.39 is 0 Å². The third-order valence-corrected chi connectivity index (χ3v) is 7.45. The predicted molar refractivity (Wildman–Crippen MR) is 103 cm³/mol. The maximum atomic E-state index is 11.8. The maximum absolute atomic E-state index is 11.8. The Hall–Kier alpha value is -0.620. The molecule has 0 radical (unpaired) electrons. The fourth-order valence-corrected chi connectivity index (χ4v) is 5.67. The molecule has 2 fully saturated rings. The number of piperidine rings is 1. The largest absolute Gasteiger partial charge is 0.382 e. The van der Waals surface area contributed by atoms with Crippen LogP contribution in [0.4, 0.5) is 0 Å². The molecule has 1 aliphatic heterocycles. The van der Waals surface area contributed by atoms with Gasteiger partial charge in [0.05, 0.1) is 0 Å². The first-order chi connectivity index (χ1) is 11.5. The zero-order chi connectivity index (χ0) is 16.7. The lowest BCUT2D eigenvalue weighted by molar-refractivity contribution is -0.125. The molecule has 4 atom stereocenters. The van der Waals surface area contributed by atoms with Gasteiger partial charge in [-0.2, -0.15) is 0 Å². The molecule has 3 aliphatic rings. The number of aryl methyl sites for hydroxylation is 1. The number of hydrogen-bond donors (Lipinski definition) is 2. The second-order valence-corrected chi connectivity index (χ2v) is 9.30. The van der Waals surface area contributed by atoms with Crippen LogP contribution in [0.1, 0.15) is 67.6 Å². The summed E-state index contributed by atoms with van der Waals surface area (Å²) in [6, 6.07) is 7.01. The number of alkyl halides is 1. The topological polar surface area (TPSA) is 49.3 Å². The Bertz CT molecular complexity index is 645. The predicted octanol–water partition coefficient (Wildman–Crippen LogP) is 3.85. The van der Waals surface area contributed by atoms with E-state index >= 15 is 0 Å². The van der Waals surface area contributed by atoms with Gasteiger partial charge in [-0.1, -0.05) is 40.8 Å². The van der Waals surface area contributed by atoms with Gasteiger partial charge in [0.2, 0.25) is 5.91 Å². The van der Waals surface area contributed by atoms with Crippen LogP contribution in [-0.2, 0) is 17.6 Å². The second kappa shape index (κ2) is 6.60. The number of benzene rings is 1. The number of carbonyl (C=O) groups is 1. The molecule has 24 heavy (non-hydrogen) atoms. The number of rotatable bonds is 2. The minimum atomic E-state index is -0.236. The summed E-state index contributed by atoms with van der Waals surface area (Å²) in [5.74, 6) is 1.23. The second-order valence-electron chi connectivity index (χ2n) is 8.03. The minimum Gasteiger partial charge on any atom is -0.382 e. The highest BCUT2D eigenvalue weighted by Gasteiger charge is 2.42. The van der Waals surface area contributed by atoms with Crippen LogP contribution in [0.15, 0.2) is 18.2 Å². The normalized spacial score (nSPS) is 34.0. The Kier molecular flexibility index (Phi) is 4.63. The highest BCUT2D eigenvalue weighted by molar-refractivity contribution is 14.1. The number of aliphatic hydroxyl groups is 1. The molecule has 4 rings (SSSR count). The van der Waals surface area contributed by atoms with Crippen molar-refractivity contribution in [2.24, 2.45) is 5.92 Å². The summed E-state index contributed by atoms with van der Waals surface area (Å²) in [6.07, 6.45) is 9.50. The van der Waals surface area contributed by atoms with Crippen LogP contribution in [0.5, 0.6) is 0 Å². The van der Waals surface area contributed by atoms with Gasteiger partial charge < -0.3 is 10.4 Å². The Morgan fingerprint density at radius 1 is 1.21 bits per heavy atom. The molecule has 2 aliphatic carbocycles. The number of halogens is 1. The number of nitrogens with one attached hydrogen (secondary N) is 1. The van der Waals surface area contributed by atoms with Crippen LogP contribution in [0, 0.1) is 5.92 Å². The first-order valence-corrected chi connectivity index (χ1v) is 10.5. The van der Waals surface area contributed by atoms with E-state index in [1.54, 1.807) is 0 Å². The molecule has 1 aromatic rings. The van der Waals surface area contributed by atoms with Crippen molar-refractivity contribution < 1.29 is 9.90 Å². The molecule has 1 amide bonds. The monoisotopic (exact) mass is 439 g/mol. The van der Waals surface area contributed by atoms with Crippen molar-refractivity contribution in [1.82, 2.24) is 5.32 Å². The van der Waals surface area contributed by atoms with E-state index in [0.29, 0.717) is 18.3 Å². The molecule has 1 saturated carbocycles. The summed E-state index contributed by atoms with van der Waals surface area (Å²) in [6.45, 7) is 0. The average Bonchev–Trinajstić information content (AvgIpc) is 2.97. The van der Waals surface area contributed by atoms with Gasteiger partial charge in [-0.05, 0) is 79.9 Å². The van der Waals surface area contributed by atoms with Crippen molar-refractivity contribution in [3.63, 3.8) is 0 Å². The van der Waals surface area contributed by atoms with Crippen LogP contribution < -0.4 is 5.32 Å². The molecule has 1 spiro atoms. The molecule has 1 saturated heterocycles. The Balaban J connectivity index is 1.49. The number of hydrogen-bond acceptors (Lipinski definition) is 2. The lowest BCUT2D eigenvalue weighted by Gasteiger charge is -2.35. The zero-order valence-corrected chi connectivity index (χ0v) is 16.2. The number of amides is 1. The van der Waals surface area contributed by atoms with Crippen molar-refractivity contribution in [2.75, 3.05) is 0 Å². The molecular weight excluding hydrogens is 413 g/mol. The van der Waals surface area contributed by atoms with Gasteiger partial charge in [-0.15, -0.1) is 0 Å². The fraction of sp³-hybridized carbons (Fsp3) is 0.650. The molecule has 0 bridgehead atoms. The summed E-state index contributed by atoms with van der Waals surface area (Å²) >= 11 is 2.14. The lowest BCUT2D eigenvalue weighted by atomic mass is 9.81. The zero-order valence-electron chi connectivity index (χ0n) is 14.1. The number of fused-ring (bicyclic) bond motifs is 1. The van der Waals surface area contributed by atoms with Crippen LogP contribution in [0.2, 0.25) is 0 Å². The SMILES string of the molecule is O=C1CCC[C@]2(CC[C@H](c3ccc4c(c3)CC[C@@H](C(O)I)C4)C2)N1. The minimum absolute atomic E-state index is 0.0757. The van der Waals surface area contributed by atoms with E-state index in [1.807, 2.05) is 0 Å². The van der Waals surface area contributed by atoms with E-state index in [2.05, 4.69) is 46.1 Å². The Labute approximate surface area is 157 Å². The molecular formula is C20H26INO2. The van der Waals surface area contributed by atoms with Crippen molar-refractivity contribution in [3.8, 4) is 0 Å². The van der Waals surface area contributed by atoms with Crippen LogP contribution in [-0.4, -0.2) is 20.7 Å². The van der Waals surface area contributed by atoms with Crippen LogP contribution >= 0.6 is 22.6 Å². The summed E-state index contributed by atoms with van der Waals surface area (Å²) < 4.78 is -0.236. The smallest absolute Gasteiger partial charge is 0.220 e. The third-order valence-electron chi connectivity index (χ3n) is 6.43. The molecule has 1 heterocycles. The first kappa shape index (κ1) is 16.8. The first-order valence-electron chi connectivity index (χ1n) is 9.29. The van der Waals surface area contributed by atoms with Gasteiger partial charge >= 0.3 is 0 Å². The molecule has 2 N–H and O–H groups in total. The van der Waals surface area contributed by atoms with Crippen molar-refractivity contribution in [1.29, 1.82) is 0 Å². The Morgan fingerprint density at radius 2 is 2.08 bits per heavy atom. The molecule has 1 unspecified atom stereocenters. The van der Waals surface area contributed by atoms with Crippen molar-refractivity contribution in [3.05, 3.63) is 34.9 Å². The van der Waals surface area contributed by atoms with Gasteiger partial charge in [0.25, 0.3) is 0 Å². The van der Waals surface area contributed by atoms with Gasteiger partial charge in [0, 0.05) is 12.0 Å². The standard InChI is InChI=1S/C20H26INO2/c21-19(24)16-6-5-13-10-15(4-3-14(13)11-16)17-7-9-20(12-17)8-1-2-18(23)22-20/h3-4,10,16-17,19,24H,1-2,5-9,11-12H2,(H,22,23)/t16-,17+,19?,20-/m1/s1. The van der Waals surface area contributed by atoms with E-state index in [-0.39, 0.29) is 15.6 Å². The van der Waals surface area contributed by atoms with Crippen molar-refractivity contribution in [2.45, 2.75) is 73.4 Å². The van der Waals surface area contributed by atoms with E-state index in [4.69, 9.17) is 0 Å². The highest BCUT2D eigenvalue weighted by Crippen LogP contribution is 2.45. The molecule has 130 valence electrons. The van der Waals surface area contributed by atoms with Crippen molar-refractivity contribution >= 4 is 28.5 Å². The summed E-state index contributed by atoms with van der Waals surface area (Å²) in [7, 11) is 0. The van der Waals surface area contributed by atoms with E-state index in [0.717, 1.165) is 44.9 Å². The number of carbonyl (C=O) groups excluding carboxylic acids is 1. The quantitative estimate of drug-likeness (QED) is 0.544. The van der Waals surface area contributed by atoms with Gasteiger partial charge in [0.1, 0.15) is 4.11 Å². The molecule has 3 nitrogen and oxygen atoms in total. The van der Waals surface area contributed by atoms with E-state index in [1.165, 1.54) is 23.1 Å². The van der Waals surface area contributed by atoms with Gasteiger partial charge in [0.15, 0.2) is 0 Å². The average molecular weight is 439 g/mol. The molecule has 4 heteroatoms.